The molecular weight excluding hydrogens is 418 g/mol. The number of rotatable bonds is 8. The molecule has 0 aliphatic carbocycles. The van der Waals surface area contributed by atoms with E-state index in [9.17, 15) is 9.59 Å². The highest BCUT2D eigenvalue weighted by Crippen LogP contribution is 2.36. The van der Waals surface area contributed by atoms with E-state index in [0.717, 1.165) is 0 Å². The molecule has 0 saturated carbocycles. The third-order valence-corrected chi connectivity index (χ3v) is 3.91. The lowest BCUT2D eigenvalue weighted by Crippen LogP contribution is -2.20. The summed E-state index contributed by atoms with van der Waals surface area (Å²) in [5, 5.41) is 3.94. The van der Waals surface area contributed by atoms with Gasteiger partial charge in [0.2, 0.25) is 0 Å². The number of benzene rings is 2. The van der Waals surface area contributed by atoms with Gasteiger partial charge in [-0.2, -0.15) is 5.10 Å². The van der Waals surface area contributed by atoms with Gasteiger partial charge < -0.3 is 19.9 Å². The highest BCUT2D eigenvalue weighted by Gasteiger charge is 2.12. The van der Waals surface area contributed by atoms with Gasteiger partial charge in [-0.1, -0.05) is 6.07 Å². The van der Waals surface area contributed by atoms with Crippen molar-refractivity contribution < 1.29 is 23.8 Å². The lowest BCUT2D eigenvalue weighted by molar-refractivity contribution is -0.119. The largest absolute Gasteiger partial charge is 0.497 e. The molecule has 0 unspecified atom stereocenters. The molecule has 0 heterocycles. The molecule has 2 aromatic rings. The van der Waals surface area contributed by atoms with Crippen LogP contribution >= 0.6 is 15.9 Å². The number of halogens is 1. The van der Waals surface area contributed by atoms with Crippen molar-refractivity contribution in [3.63, 3.8) is 0 Å². The maximum atomic E-state index is 12.1. The fourth-order valence-corrected chi connectivity index (χ4v) is 2.67. The first-order valence-electron chi connectivity index (χ1n) is 7.70. The maximum Gasteiger partial charge on any atom is 0.271 e. The lowest BCUT2D eigenvalue weighted by Gasteiger charge is -2.12. The summed E-state index contributed by atoms with van der Waals surface area (Å²) in [6, 6.07) is 10.0. The number of ether oxygens (including phenoxy) is 3. The first-order chi connectivity index (χ1) is 12.9. The third-order valence-electron chi connectivity index (χ3n) is 3.32. The van der Waals surface area contributed by atoms with Crippen LogP contribution in [-0.4, -0.2) is 38.9 Å². The minimum absolute atomic E-state index is 0.279. The molecule has 9 heteroatoms. The number of nitrogens with one attached hydrogen (secondary N) is 1. The standard InChI is InChI=1S/C18H18BrN3O5/c1-25-13-5-3-4-12(8-13)18(24)22-21-9-11-6-14(19)17(15(7-11)26-2)27-10-16(20)23/h3-9H,10H2,1-2H3,(H2,20,23)(H,22,24)/b21-9+. The molecule has 0 atom stereocenters. The Morgan fingerprint density at radius 2 is 2.00 bits per heavy atom. The molecular formula is C18H18BrN3O5. The Hall–Kier alpha value is -3.07. The van der Waals surface area contributed by atoms with Crippen LogP contribution in [0.3, 0.4) is 0 Å². The number of hydrogen-bond donors (Lipinski definition) is 2. The Balaban J connectivity index is 2.10. The van der Waals surface area contributed by atoms with Crippen molar-refractivity contribution >= 4 is 34.0 Å². The van der Waals surface area contributed by atoms with E-state index in [-0.39, 0.29) is 12.5 Å². The van der Waals surface area contributed by atoms with Crippen LogP contribution in [0.4, 0.5) is 0 Å². The number of amides is 2. The van der Waals surface area contributed by atoms with Crippen LogP contribution in [0.5, 0.6) is 17.2 Å². The van der Waals surface area contributed by atoms with E-state index in [1.165, 1.54) is 20.4 Å². The first-order valence-corrected chi connectivity index (χ1v) is 8.50. The molecule has 0 radical (unpaired) electrons. The topological polar surface area (TPSA) is 112 Å². The van der Waals surface area contributed by atoms with E-state index in [0.29, 0.717) is 32.8 Å². The number of nitrogens with zero attached hydrogens (tertiary/aromatic N) is 1. The van der Waals surface area contributed by atoms with Gasteiger partial charge in [-0.25, -0.2) is 5.43 Å². The number of primary amides is 1. The van der Waals surface area contributed by atoms with Gasteiger partial charge in [0, 0.05) is 5.56 Å². The predicted octanol–water partition coefficient (Wildman–Crippen LogP) is 2.09. The van der Waals surface area contributed by atoms with Crippen LogP contribution in [0.25, 0.3) is 0 Å². The summed E-state index contributed by atoms with van der Waals surface area (Å²) in [6.45, 7) is -0.279. The normalized spacial score (nSPS) is 10.5. The molecule has 0 aromatic heterocycles. The maximum absolute atomic E-state index is 12.1. The summed E-state index contributed by atoms with van der Waals surface area (Å²) in [7, 11) is 2.99. The number of carbonyl (C=O) groups is 2. The van der Waals surface area contributed by atoms with Gasteiger partial charge in [0.05, 0.1) is 24.9 Å². The fourth-order valence-electron chi connectivity index (χ4n) is 2.09. The predicted molar refractivity (Wildman–Crippen MR) is 103 cm³/mol. The minimum atomic E-state index is -0.602. The first kappa shape index (κ1) is 20.2. The van der Waals surface area contributed by atoms with Crippen LogP contribution < -0.4 is 25.4 Å². The molecule has 2 rings (SSSR count). The second kappa shape index (κ2) is 9.58. The summed E-state index contributed by atoms with van der Waals surface area (Å²) >= 11 is 3.34. The van der Waals surface area contributed by atoms with Crippen molar-refractivity contribution in [1.29, 1.82) is 0 Å². The molecule has 142 valence electrons. The minimum Gasteiger partial charge on any atom is -0.497 e. The number of hydrazone groups is 1. The molecule has 8 nitrogen and oxygen atoms in total. The Morgan fingerprint density at radius 1 is 1.22 bits per heavy atom. The summed E-state index contributed by atoms with van der Waals surface area (Å²) in [6.07, 6.45) is 1.45. The summed E-state index contributed by atoms with van der Waals surface area (Å²) < 4.78 is 16.2. The Labute approximate surface area is 164 Å². The summed E-state index contributed by atoms with van der Waals surface area (Å²) in [5.74, 6) is 0.319. The second-order valence-electron chi connectivity index (χ2n) is 5.22. The molecule has 0 fully saturated rings. The molecule has 0 saturated heterocycles. The van der Waals surface area contributed by atoms with Gasteiger partial charge in [0.15, 0.2) is 18.1 Å². The number of carbonyl (C=O) groups excluding carboxylic acids is 2. The average molecular weight is 436 g/mol. The van der Waals surface area contributed by atoms with Crippen molar-refractivity contribution in [3.05, 3.63) is 52.0 Å². The quantitative estimate of drug-likeness (QED) is 0.486. The fraction of sp³-hybridized carbons (Fsp3) is 0.167. The van der Waals surface area contributed by atoms with Crippen LogP contribution in [0.1, 0.15) is 15.9 Å². The van der Waals surface area contributed by atoms with E-state index in [1.54, 1.807) is 36.4 Å². The highest BCUT2D eigenvalue weighted by atomic mass is 79.9. The zero-order chi connectivity index (χ0) is 19.8. The van der Waals surface area contributed by atoms with Crippen LogP contribution in [-0.2, 0) is 4.79 Å². The van der Waals surface area contributed by atoms with E-state index in [1.807, 2.05) is 0 Å². The van der Waals surface area contributed by atoms with Crippen LogP contribution in [0, 0.1) is 0 Å². The molecule has 27 heavy (non-hydrogen) atoms. The molecule has 0 aliphatic rings. The zero-order valence-electron chi connectivity index (χ0n) is 14.7. The Bertz CT molecular complexity index is 870. The SMILES string of the molecule is COc1cccc(C(=O)N/N=C/c2cc(Br)c(OCC(N)=O)c(OC)c2)c1. The monoisotopic (exact) mass is 435 g/mol. The van der Waals surface area contributed by atoms with E-state index < -0.39 is 5.91 Å². The number of hydrogen-bond acceptors (Lipinski definition) is 6. The van der Waals surface area contributed by atoms with Crippen molar-refractivity contribution in [2.45, 2.75) is 0 Å². The third kappa shape index (κ3) is 5.71. The molecule has 0 aliphatic heterocycles. The molecule has 2 aromatic carbocycles. The highest BCUT2D eigenvalue weighted by molar-refractivity contribution is 9.10. The molecule has 3 N–H and O–H groups in total. The van der Waals surface area contributed by atoms with Gasteiger partial charge in [-0.15, -0.1) is 0 Å². The summed E-state index contributed by atoms with van der Waals surface area (Å²) in [5.41, 5.74) is 8.57. The van der Waals surface area contributed by atoms with Gasteiger partial charge >= 0.3 is 0 Å². The lowest BCUT2D eigenvalue weighted by atomic mass is 10.2. The van der Waals surface area contributed by atoms with Crippen molar-refractivity contribution in [2.75, 3.05) is 20.8 Å². The van der Waals surface area contributed by atoms with Crippen LogP contribution in [0.2, 0.25) is 0 Å². The average Bonchev–Trinajstić information content (AvgIpc) is 2.66. The molecule has 0 bridgehead atoms. The second-order valence-corrected chi connectivity index (χ2v) is 6.07. The van der Waals surface area contributed by atoms with Crippen molar-refractivity contribution in [2.24, 2.45) is 10.8 Å². The van der Waals surface area contributed by atoms with E-state index in [4.69, 9.17) is 19.9 Å². The van der Waals surface area contributed by atoms with Crippen molar-refractivity contribution in [3.8, 4) is 17.2 Å². The molecule has 2 amide bonds. The smallest absolute Gasteiger partial charge is 0.271 e. The van der Waals surface area contributed by atoms with Crippen LogP contribution in [0.15, 0.2) is 46.0 Å². The number of methoxy groups -OCH3 is 2. The van der Waals surface area contributed by atoms with Gasteiger partial charge in [-0.05, 0) is 51.8 Å². The van der Waals surface area contributed by atoms with Gasteiger partial charge in [-0.3, -0.25) is 9.59 Å². The zero-order valence-corrected chi connectivity index (χ0v) is 16.3. The van der Waals surface area contributed by atoms with E-state index >= 15 is 0 Å². The molecule has 0 spiro atoms. The van der Waals surface area contributed by atoms with Gasteiger partial charge in [0.1, 0.15) is 5.75 Å². The Morgan fingerprint density at radius 3 is 2.67 bits per heavy atom. The van der Waals surface area contributed by atoms with Gasteiger partial charge in [0.25, 0.3) is 11.8 Å². The summed E-state index contributed by atoms with van der Waals surface area (Å²) in [4.78, 5) is 23.0. The van der Waals surface area contributed by atoms with Crippen molar-refractivity contribution in [1.82, 2.24) is 5.43 Å². The Kier molecular flexibility index (Phi) is 7.18. The number of nitrogens with two attached hydrogens (primary N) is 1. The van der Waals surface area contributed by atoms with E-state index in [2.05, 4.69) is 26.5 Å².